The minimum absolute atomic E-state index is 0.746. The molecule has 0 saturated heterocycles. The zero-order valence-corrected chi connectivity index (χ0v) is 13.0. The van der Waals surface area contributed by atoms with Gasteiger partial charge in [-0.3, -0.25) is 4.98 Å². The van der Waals surface area contributed by atoms with Gasteiger partial charge in [-0.05, 0) is 34.4 Å². The smallest absolute Gasteiger partial charge is 0.159 e. The molecule has 0 unspecified atom stereocenters. The third kappa shape index (κ3) is 2.92. The molecule has 24 heavy (non-hydrogen) atoms. The molecule has 4 aromatic rings. The number of benzene rings is 2. The highest BCUT2D eigenvalue weighted by Crippen LogP contribution is 2.26. The van der Waals surface area contributed by atoms with Crippen LogP contribution < -0.4 is 0 Å². The average molecular weight is 309 g/mol. The van der Waals surface area contributed by atoms with E-state index in [4.69, 9.17) is 0 Å². The Hall–Kier alpha value is -3.33. The van der Waals surface area contributed by atoms with Crippen LogP contribution in [0.1, 0.15) is 0 Å². The number of rotatable bonds is 3. The van der Waals surface area contributed by atoms with Gasteiger partial charge >= 0.3 is 0 Å². The first-order valence-corrected chi connectivity index (χ1v) is 7.78. The van der Waals surface area contributed by atoms with Crippen molar-refractivity contribution in [2.75, 3.05) is 0 Å². The first-order valence-electron chi connectivity index (χ1n) is 7.78. The van der Waals surface area contributed by atoms with Crippen LogP contribution in [0.5, 0.6) is 0 Å². The molecule has 0 bridgehead atoms. The Balaban J connectivity index is 1.60. The lowest BCUT2D eigenvalue weighted by Gasteiger charge is -2.06. The third-order valence-electron chi connectivity index (χ3n) is 3.92. The Kier molecular flexibility index (Phi) is 3.82. The van der Waals surface area contributed by atoms with Gasteiger partial charge in [0.2, 0.25) is 0 Å². The van der Waals surface area contributed by atoms with Crippen LogP contribution in [-0.2, 0) is 0 Å². The van der Waals surface area contributed by atoms with Crippen LogP contribution in [0, 0.1) is 0 Å². The van der Waals surface area contributed by atoms with Crippen molar-refractivity contribution in [2.24, 2.45) is 0 Å². The maximum absolute atomic E-state index is 4.28. The van der Waals surface area contributed by atoms with E-state index >= 15 is 0 Å². The average Bonchev–Trinajstić information content (AvgIpc) is 2.70. The molecule has 2 aromatic carbocycles. The van der Waals surface area contributed by atoms with Gasteiger partial charge in [0, 0.05) is 30.4 Å². The first kappa shape index (κ1) is 14.3. The summed E-state index contributed by atoms with van der Waals surface area (Å²) in [5, 5.41) is 0. The summed E-state index contributed by atoms with van der Waals surface area (Å²) in [6.45, 7) is 0. The van der Waals surface area contributed by atoms with Crippen LogP contribution >= 0.6 is 0 Å². The van der Waals surface area contributed by atoms with E-state index in [2.05, 4.69) is 69.5 Å². The van der Waals surface area contributed by atoms with Crippen molar-refractivity contribution < 1.29 is 0 Å². The molecule has 2 heterocycles. The van der Waals surface area contributed by atoms with Crippen LogP contribution in [0.4, 0.5) is 0 Å². The molecule has 2 aromatic heterocycles. The predicted octanol–water partition coefficient (Wildman–Crippen LogP) is 4.87. The molecule has 0 atom stereocenters. The normalized spacial score (nSPS) is 10.5. The highest BCUT2D eigenvalue weighted by atomic mass is 14.8. The quantitative estimate of drug-likeness (QED) is 0.542. The lowest BCUT2D eigenvalue weighted by Crippen LogP contribution is -1.87. The van der Waals surface area contributed by atoms with Crippen LogP contribution in [0.15, 0.2) is 91.5 Å². The summed E-state index contributed by atoms with van der Waals surface area (Å²) in [4.78, 5) is 12.7. The Morgan fingerprint density at radius 1 is 0.458 bits per heavy atom. The van der Waals surface area contributed by atoms with Crippen molar-refractivity contribution in [1.29, 1.82) is 0 Å². The van der Waals surface area contributed by atoms with Gasteiger partial charge in [0.25, 0.3) is 0 Å². The maximum atomic E-state index is 4.28. The highest BCUT2D eigenvalue weighted by molar-refractivity contribution is 5.71. The molecule has 0 saturated carbocycles. The molecule has 0 N–H and O–H groups in total. The Bertz CT molecular complexity index is 835. The third-order valence-corrected chi connectivity index (χ3v) is 3.92. The lowest BCUT2D eigenvalue weighted by molar-refractivity contribution is 1.18. The Labute approximate surface area is 140 Å². The monoisotopic (exact) mass is 309 g/mol. The molecule has 0 spiro atoms. The zero-order valence-electron chi connectivity index (χ0n) is 13.0. The van der Waals surface area contributed by atoms with Gasteiger partial charge in [0.15, 0.2) is 5.82 Å². The minimum atomic E-state index is 0.746. The summed E-state index contributed by atoms with van der Waals surface area (Å²) < 4.78 is 0. The van der Waals surface area contributed by atoms with Crippen LogP contribution in [0.25, 0.3) is 33.6 Å². The van der Waals surface area contributed by atoms with E-state index in [0.717, 1.165) is 17.0 Å². The van der Waals surface area contributed by atoms with Gasteiger partial charge in [-0.25, -0.2) is 9.97 Å². The second-order valence-electron chi connectivity index (χ2n) is 5.47. The summed E-state index contributed by atoms with van der Waals surface area (Å²) in [6, 6.07) is 22.7. The van der Waals surface area contributed by atoms with E-state index < -0.39 is 0 Å². The summed E-state index contributed by atoms with van der Waals surface area (Å²) in [5.41, 5.74) is 5.67. The van der Waals surface area contributed by atoms with Crippen molar-refractivity contribution in [3.05, 3.63) is 91.5 Å². The first-order chi connectivity index (χ1) is 11.9. The summed E-state index contributed by atoms with van der Waals surface area (Å²) in [6.07, 6.45) is 7.18. The lowest BCUT2D eigenvalue weighted by atomic mass is 10.0. The molecule has 0 amide bonds. The van der Waals surface area contributed by atoms with Gasteiger partial charge in [-0.1, -0.05) is 54.6 Å². The van der Waals surface area contributed by atoms with Crippen molar-refractivity contribution in [1.82, 2.24) is 15.0 Å². The van der Waals surface area contributed by atoms with E-state index in [1.54, 1.807) is 18.6 Å². The second-order valence-corrected chi connectivity index (χ2v) is 5.47. The number of hydrogen-bond donors (Lipinski definition) is 0. The van der Waals surface area contributed by atoms with E-state index in [0.29, 0.717) is 0 Å². The molecule has 3 nitrogen and oxygen atoms in total. The molecule has 0 aliphatic heterocycles. The number of pyridine rings is 1. The standard InChI is InChI=1S/C21H15N3/c1-3-20(15-22-12-1)18-6-4-16(5-7-18)17-8-10-19(11-9-17)21-23-13-2-14-24-21/h1-15H. The fourth-order valence-electron chi connectivity index (χ4n) is 2.65. The molecule has 3 heteroatoms. The number of hydrogen-bond acceptors (Lipinski definition) is 3. The summed E-state index contributed by atoms with van der Waals surface area (Å²) in [7, 11) is 0. The number of aromatic nitrogens is 3. The largest absolute Gasteiger partial charge is 0.264 e. The van der Waals surface area contributed by atoms with E-state index in [-0.39, 0.29) is 0 Å². The number of nitrogens with zero attached hydrogens (tertiary/aromatic N) is 3. The molecular weight excluding hydrogens is 294 g/mol. The van der Waals surface area contributed by atoms with Crippen LogP contribution in [0.2, 0.25) is 0 Å². The van der Waals surface area contributed by atoms with Gasteiger partial charge < -0.3 is 0 Å². The zero-order chi connectivity index (χ0) is 16.2. The second kappa shape index (κ2) is 6.42. The Morgan fingerprint density at radius 3 is 1.54 bits per heavy atom. The van der Waals surface area contributed by atoms with Crippen LogP contribution in [0.3, 0.4) is 0 Å². The van der Waals surface area contributed by atoms with E-state index in [1.165, 1.54) is 16.7 Å². The molecular formula is C21H15N3. The maximum Gasteiger partial charge on any atom is 0.159 e. The molecule has 0 fully saturated rings. The van der Waals surface area contributed by atoms with Crippen molar-refractivity contribution in [2.45, 2.75) is 0 Å². The van der Waals surface area contributed by atoms with Gasteiger partial charge in [-0.15, -0.1) is 0 Å². The van der Waals surface area contributed by atoms with Gasteiger partial charge in [0.05, 0.1) is 0 Å². The van der Waals surface area contributed by atoms with E-state index in [1.807, 2.05) is 18.3 Å². The molecule has 114 valence electrons. The highest BCUT2D eigenvalue weighted by Gasteiger charge is 2.03. The predicted molar refractivity (Wildman–Crippen MR) is 96.1 cm³/mol. The van der Waals surface area contributed by atoms with Crippen LogP contribution in [-0.4, -0.2) is 15.0 Å². The van der Waals surface area contributed by atoms with Gasteiger partial charge in [-0.2, -0.15) is 0 Å². The van der Waals surface area contributed by atoms with Crippen molar-refractivity contribution in [3.63, 3.8) is 0 Å². The molecule has 0 aliphatic rings. The SMILES string of the molecule is c1cnc(-c2ccc(-c3ccc(-c4cccnc4)cc3)cc2)nc1. The fraction of sp³-hybridized carbons (Fsp3) is 0. The molecule has 0 aliphatic carbocycles. The molecule has 4 rings (SSSR count). The molecule has 0 radical (unpaired) electrons. The fourth-order valence-corrected chi connectivity index (χ4v) is 2.65. The minimum Gasteiger partial charge on any atom is -0.264 e. The van der Waals surface area contributed by atoms with Crippen molar-refractivity contribution in [3.8, 4) is 33.6 Å². The Morgan fingerprint density at radius 2 is 1.00 bits per heavy atom. The van der Waals surface area contributed by atoms with Gasteiger partial charge in [0.1, 0.15) is 0 Å². The van der Waals surface area contributed by atoms with Crippen molar-refractivity contribution >= 4 is 0 Å². The summed E-state index contributed by atoms with van der Waals surface area (Å²) >= 11 is 0. The van der Waals surface area contributed by atoms with E-state index in [9.17, 15) is 0 Å². The summed E-state index contributed by atoms with van der Waals surface area (Å²) in [5.74, 6) is 0.746. The topological polar surface area (TPSA) is 38.7 Å².